The van der Waals surface area contributed by atoms with Crippen LogP contribution in [0.3, 0.4) is 0 Å². The predicted molar refractivity (Wildman–Crippen MR) is 123 cm³/mol. The average molecular weight is 411 g/mol. The van der Waals surface area contributed by atoms with Crippen molar-refractivity contribution in [2.45, 2.75) is 104 Å². The van der Waals surface area contributed by atoms with Gasteiger partial charge in [0.15, 0.2) is 0 Å². The van der Waals surface area contributed by atoms with E-state index >= 15 is 0 Å². The number of benzene rings is 1. The summed E-state index contributed by atoms with van der Waals surface area (Å²) in [6.07, 6.45) is 10.5. The average Bonchev–Trinajstić information content (AvgIpc) is 3.15. The van der Waals surface area contributed by atoms with Gasteiger partial charge in [0.05, 0.1) is 24.1 Å². The molecule has 0 aliphatic carbocycles. The molecular weight excluding hydrogens is 372 g/mol. The minimum absolute atomic E-state index is 0.104. The van der Waals surface area contributed by atoms with Gasteiger partial charge in [0.25, 0.3) is 0 Å². The van der Waals surface area contributed by atoms with Crippen LogP contribution in [0, 0.1) is 0 Å². The van der Waals surface area contributed by atoms with Crippen LogP contribution in [0.15, 0.2) is 12.3 Å². The van der Waals surface area contributed by atoms with E-state index in [0.717, 1.165) is 48.6 Å². The van der Waals surface area contributed by atoms with Crippen LogP contribution < -0.4 is 9.47 Å². The molecule has 1 aromatic heterocycles. The van der Waals surface area contributed by atoms with E-state index < -0.39 is 5.60 Å². The number of hydrogen-bond donors (Lipinski definition) is 0. The predicted octanol–water partition coefficient (Wildman–Crippen LogP) is 6.77. The summed E-state index contributed by atoms with van der Waals surface area (Å²) in [5.74, 6) is 2.00. The largest absolute Gasteiger partial charge is 0.492 e. The highest BCUT2D eigenvalue weighted by Gasteiger charge is 2.40. The van der Waals surface area contributed by atoms with Gasteiger partial charge in [-0.25, -0.2) is 0 Å². The smallest absolute Gasteiger partial charge is 0.135 e. The molecule has 0 spiro atoms. The Labute approximate surface area is 182 Å². The molecule has 4 nitrogen and oxygen atoms in total. The molecule has 2 aliphatic heterocycles. The number of ether oxygens (including phenoxy) is 2. The van der Waals surface area contributed by atoms with Gasteiger partial charge < -0.3 is 9.47 Å². The lowest BCUT2D eigenvalue weighted by Crippen LogP contribution is -2.31. The molecule has 1 aromatic carbocycles. The van der Waals surface area contributed by atoms with Gasteiger partial charge in [0, 0.05) is 12.1 Å². The number of fused-ring (bicyclic) bond motifs is 5. The van der Waals surface area contributed by atoms with E-state index in [9.17, 15) is 0 Å². The third kappa shape index (κ3) is 3.52. The summed E-state index contributed by atoms with van der Waals surface area (Å²) in [5, 5.41) is 4.67. The number of hydrogen-bond acceptors (Lipinski definition) is 3. The Hall–Kier alpha value is -1.97. The Kier molecular flexibility index (Phi) is 5.63. The van der Waals surface area contributed by atoms with Crippen LogP contribution in [-0.2, 0) is 24.0 Å². The van der Waals surface area contributed by atoms with Gasteiger partial charge in [-0.2, -0.15) is 5.10 Å². The van der Waals surface area contributed by atoms with Gasteiger partial charge in [0.1, 0.15) is 17.1 Å². The molecule has 0 radical (unpaired) electrons. The zero-order chi connectivity index (χ0) is 21.5. The summed E-state index contributed by atoms with van der Waals surface area (Å²) >= 11 is 0. The fourth-order valence-electron chi connectivity index (χ4n) is 5.20. The number of rotatable bonds is 7. The molecule has 0 amide bonds. The molecule has 0 unspecified atom stereocenters. The van der Waals surface area contributed by atoms with Crippen LogP contribution in [0.25, 0.3) is 11.3 Å². The highest BCUT2D eigenvalue weighted by atomic mass is 16.5. The second-order valence-corrected chi connectivity index (χ2v) is 10.1. The Morgan fingerprint density at radius 2 is 1.97 bits per heavy atom. The Morgan fingerprint density at radius 1 is 1.17 bits per heavy atom. The zero-order valence-corrected chi connectivity index (χ0v) is 19.7. The molecule has 0 atom stereocenters. The van der Waals surface area contributed by atoms with E-state index in [1.165, 1.54) is 48.9 Å². The van der Waals surface area contributed by atoms with E-state index in [4.69, 9.17) is 9.47 Å². The van der Waals surface area contributed by atoms with Crippen LogP contribution in [-0.4, -0.2) is 16.4 Å². The van der Waals surface area contributed by atoms with Crippen molar-refractivity contribution in [3.05, 3.63) is 29.0 Å². The number of nitrogens with zero attached hydrogens (tertiary/aromatic N) is 2. The van der Waals surface area contributed by atoms with Crippen molar-refractivity contribution < 1.29 is 9.47 Å². The van der Waals surface area contributed by atoms with Crippen molar-refractivity contribution >= 4 is 0 Å². The van der Waals surface area contributed by atoms with Gasteiger partial charge in [0.2, 0.25) is 0 Å². The zero-order valence-electron chi connectivity index (χ0n) is 19.7. The van der Waals surface area contributed by atoms with Gasteiger partial charge in [-0.15, -0.1) is 0 Å². The summed E-state index contributed by atoms with van der Waals surface area (Å²) < 4.78 is 15.1. The molecule has 4 heteroatoms. The quantitative estimate of drug-likeness (QED) is 0.473. The summed E-state index contributed by atoms with van der Waals surface area (Å²) in [5.41, 5.74) is 5.94. The van der Waals surface area contributed by atoms with E-state index in [1.807, 2.05) is 6.20 Å². The standard InChI is InChI=1S/C26H38N2O2/c1-7-9-10-11-14-25(3,4)19-16-21-22(24-18(19)13-12-15-29-24)23-20(26(5,6)30-21)17-27-28(23)8-2/h16-17H,7-15H2,1-6H3. The lowest BCUT2D eigenvalue weighted by molar-refractivity contribution is 0.104. The summed E-state index contributed by atoms with van der Waals surface area (Å²) in [7, 11) is 0. The maximum Gasteiger partial charge on any atom is 0.135 e. The van der Waals surface area contributed by atoms with Crippen LogP contribution in [0.5, 0.6) is 11.5 Å². The summed E-state index contributed by atoms with van der Waals surface area (Å²) in [6.45, 7) is 15.1. The molecule has 4 rings (SSSR count). The second kappa shape index (κ2) is 7.94. The molecule has 0 fully saturated rings. The number of unbranched alkanes of at least 4 members (excludes halogenated alkanes) is 3. The van der Waals surface area contributed by atoms with E-state index in [-0.39, 0.29) is 5.41 Å². The number of aryl methyl sites for hydroxylation is 1. The molecule has 2 aromatic rings. The fraction of sp³-hybridized carbons (Fsp3) is 0.654. The third-order valence-electron chi connectivity index (χ3n) is 6.94. The van der Waals surface area contributed by atoms with Gasteiger partial charge in [-0.05, 0) is 62.6 Å². The van der Waals surface area contributed by atoms with E-state index in [2.05, 4.69) is 57.4 Å². The van der Waals surface area contributed by atoms with Crippen molar-refractivity contribution in [2.24, 2.45) is 0 Å². The Balaban J connectivity index is 1.86. The van der Waals surface area contributed by atoms with Gasteiger partial charge in [-0.1, -0.05) is 46.5 Å². The SMILES string of the molecule is CCCCCCC(C)(C)c1cc2c(c3c1CCCO3)-c1c(cnn1CC)C(C)(C)O2. The molecule has 2 aliphatic rings. The molecule has 164 valence electrons. The molecule has 0 N–H and O–H groups in total. The normalized spacial score (nSPS) is 16.9. The molecule has 3 heterocycles. The van der Waals surface area contributed by atoms with Crippen molar-refractivity contribution in [3.63, 3.8) is 0 Å². The fourth-order valence-corrected chi connectivity index (χ4v) is 5.20. The van der Waals surface area contributed by atoms with Crippen molar-refractivity contribution in [3.8, 4) is 22.8 Å². The second-order valence-electron chi connectivity index (χ2n) is 10.1. The van der Waals surface area contributed by atoms with Gasteiger partial charge >= 0.3 is 0 Å². The molecule has 0 saturated heterocycles. The maximum absolute atomic E-state index is 6.62. The first-order chi connectivity index (χ1) is 14.3. The lowest BCUT2D eigenvalue weighted by atomic mass is 9.75. The van der Waals surface area contributed by atoms with Gasteiger partial charge in [-0.3, -0.25) is 4.68 Å². The molecular formula is C26H38N2O2. The lowest BCUT2D eigenvalue weighted by Gasteiger charge is -2.38. The minimum Gasteiger partial charge on any atom is -0.492 e. The van der Waals surface area contributed by atoms with Crippen LogP contribution in [0.4, 0.5) is 0 Å². The topological polar surface area (TPSA) is 36.3 Å². The van der Waals surface area contributed by atoms with Crippen molar-refractivity contribution in [2.75, 3.05) is 6.61 Å². The van der Waals surface area contributed by atoms with Crippen molar-refractivity contribution in [1.82, 2.24) is 9.78 Å². The highest BCUT2D eigenvalue weighted by molar-refractivity contribution is 5.82. The van der Waals surface area contributed by atoms with Crippen LogP contribution in [0.2, 0.25) is 0 Å². The summed E-state index contributed by atoms with van der Waals surface area (Å²) in [6, 6.07) is 2.33. The highest BCUT2D eigenvalue weighted by Crippen LogP contribution is 2.54. The molecule has 0 saturated carbocycles. The first-order valence-electron chi connectivity index (χ1n) is 11.9. The summed E-state index contributed by atoms with van der Waals surface area (Å²) in [4.78, 5) is 0. The van der Waals surface area contributed by atoms with Crippen molar-refractivity contribution in [1.29, 1.82) is 0 Å². The Morgan fingerprint density at radius 3 is 2.70 bits per heavy atom. The van der Waals surface area contributed by atoms with E-state index in [1.54, 1.807) is 0 Å². The maximum atomic E-state index is 6.62. The van der Waals surface area contributed by atoms with Crippen LogP contribution >= 0.6 is 0 Å². The molecule has 30 heavy (non-hydrogen) atoms. The first kappa shape index (κ1) is 21.3. The Bertz CT molecular complexity index is 924. The monoisotopic (exact) mass is 410 g/mol. The number of aromatic nitrogens is 2. The minimum atomic E-state index is -0.402. The van der Waals surface area contributed by atoms with Crippen LogP contribution in [0.1, 0.15) is 96.8 Å². The third-order valence-corrected chi connectivity index (χ3v) is 6.94. The molecule has 0 bridgehead atoms. The first-order valence-corrected chi connectivity index (χ1v) is 11.9. The van der Waals surface area contributed by atoms with E-state index in [0.29, 0.717) is 0 Å².